The van der Waals surface area contributed by atoms with E-state index in [-0.39, 0.29) is 5.41 Å². The van der Waals surface area contributed by atoms with Gasteiger partial charge in [0.2, 0.25) is 5.78 Å². The van der Waals surface area contributed by atoms with Crippen molar-refractivity contribution in [3.63, 3.8) is 0 Å². The first-order chi connectivity index (χ1) is 29.8. The predicted octanol–water partition coefficient (Wildman–Crippen LogP) is 13.7. The van der Waals surface area contributed by atoms with Crippen molar-refractivity contribution in [1.82, 2.24) is 14.0 Å². The quantitative estimate of drug-likeness (QED) is 0.174. The number of anilines is 3. The Labute approximate surface area is 348 Å². The summed E-state index contributed by atoms with van der Waals surface area (Å²) in [6.45, 7) is 0. The van der Waals surface area contributed by atoms with Crippen LogP contribution >= 0.6 is 0 Å². The second-order valence-corrected chi connectivity index (χ2v) is 16.3. The Balaban J connectivity index is 1.05. The maximum atomic E-state index is 5.20. The molecular formula is C56H38N4. The molecule has 3 aliphatic carbocycles. The molecule has 60 heavy (non-hydrogen) atoms. The molecule has 0 radical (unpaired) electrons. The average Bonchev–Trinajstić information content (AvgIpc) is 4.03. The molecule has 0 N–H and O–H groups in total. The Kier molecular flexibility index (Phi) is 7.02. The summed E-state index contributed by atoms with van der Waals surface area (Å²) in [5.41, 5.74) is 19.0. The summed E-state index contributed by atoms with van der Waals surface area (Å²) in [4.78, 5) is 7.63. The average molecular weight is 767 g/mol. The standard InChI is InChI=1S/C56H38N4/c1-3-15-37(16-4-1)38-27-29-40(30-28-38)58(42-32-34-53-54(36-42)60-52-26-14-13-25-51(52)57-55(60)59(53)39-17-5-2-6-18-39)41-31-33-50-46(35-41)45-21-9-12-24-49(45)56(50)47-22-10-7-19-43(47)44-20-8-11-23-48(44)56/h1-36,43,47H. The first kappa shape index (κ1) is 33.3. The number of rotatable bonds is 5. The van der Waals surface area contributed by atoms with E-state index in [2.05, 4.69) is 232 Å². The van der Waals surface area contributed by atoms with Crippen LogP contribution in [-0.4, -0.2) is 14.0 Å². The molecular weight excluding hydrogens is 729 g/mol. The highest BCUT2D eigenvalue weighted by molar-refractivity contribution is 5.96. The van der Waals surface area contributed by atoms with Crippen molar-refractivity contribution < 1.29 is 0 Å². The number of benzene rings is 8. The molecule has 0 bridgehead atoms. The Morgan fingerprint density at radius 1 is 0.467 bits per heavy atom. The van der Waals surface area contributed by atoms with Crippen molar-refractivity contribution in [1.29, 1.82) is 0 Å². The fourth-order valence-electron chi connectivity index (χ4n) is 11.0. The smallest absolute Gasteiger partial charge is 0.220 e. The van der Waals surface area contributed by atoms with Gasteiger partial charge in [0.1, 0.15) is 0 Å². The summed E-state index contributed by atoms with van der Waals surface area (Å²) in [5.74, 6) is 1.52. The Morgan fingerprint density at radius 2 is 1.12 bits per heavy atom. The Morgan fingerprint density at radius 3 is 1.98 bits per heavy atom. The lowest BCUT2D eigenvalue weighted by Crippen LogP contribution is -2.32. The lowest BCUT2D eigenvalue weighted by Gasteiger charge is -2.36. The van der Waals surface area contributed by atoms with E-state index in [1.54, 1.807) is 0 Å². The van der Waals surface area contributed by atoms with Gasteiger partial charge in [-0.2, -0.15) is 0 Å². The first-order valence-corrected chi connectivity index (χ1v) is 20.9. The largest absolute Gasteiger partial charge is 0.310 e. The molecule has 1 spiro atoms. The van der Waals surface area contributed by atoms with Crippen molar-refractivity contribution in [3.05, 3.63) is 241 Å². The third kappa shape index (κ3) is 4.53. The number of aromatic nitrogens is 3. The van der Waals surface area contributed by atoms with Crippen LogP contribution in [0.3, 0.4) is 0 Å². The molecule has 10 aromatic rings. The number of para-hydroxylation sites is 3. The van der Waals surface area contributed by atoms with Crippen molar-refractivity contribution in [2.75, 3.05) is 4.90 Å². The summed E-state index contributed by atoms with van der Waals surface area (Å²) in [6, 6.07) is 71.1. The molecule has 13 rings (SSSR count). The van der Waals surface area contributed by atoms with Gasteiger partial charge in [0, 0.05) is 34.6 Å². The molecule has 3 unspecified atom stereocenters. The van der Waals surface area contributed by atoms with Crippen molar-refractivity contribution in [2.45, 2.75) is 11.3 Å². The molecule has 0 saturated carbocycles. The van der Waals surface area contributed by atoms with Crippen LogP contribution in [0.5, 0.6) is 0 Å². The summed E-state index contributed by atoms with van der Waals surface area (Å²) in [6.07, 6.45) is 9.36. The zero-order valence-electron chi connectivity index (χ0n) is 32.7. The van der Waals surface area contributed by atoms with Gasteiger partial charge in [-0.25, -0.2) is 4.98 Å². The maximum Gasteiger partial charge on any atom is 0.220 e. The Hall–Kier alpha value is -7.69. The number of hydrogen-bond acceptors (Lipinski definition) is 2. The summed E-state index contributed by atoms with van der Waals surface area (Å²) >= 11 is 0. The van der Waals surface area contributed by atoms with Gasteiger partial charge >= 0.3 is 0 Å². The van der Waals surface area contributed by atoms with Crippen molar-refractivity contribution >= 4 is 44.9 Å². The van der Waals surface area contributed by atoms with Crippen molar-refractivity contribution in [3.8, 4) is 27.9 Å². The minimum absolute atomic E-state index is 0.275. The number of nitrogens with zero attached hydrogens (tertiary/aromatic N) is 4. The molecule has 3 aliphatic rings. The van der Waals surface area contributed by atoms with Crippen LogP contribution in [0.2, 0.25) is 0 Å². The topological polar surface area (TPSA) is 25.5 Å². The first-order valence-electron chi connectivity index (χ1n) is 20.9. The second kappa shape index (κ2) is 12.7. The van der Waals surface area contributed by atoms with Crippen LogP contribution in [0.1, 0.15) is 28.2 Å². The van der Waals surface area contributed by atoms with Crippen LogP contribution < -0.4 is 4.90 Å². The fraction of sp³-hybridized carbons (Fsp3) is 0.0536. The molecule has 4 heteroatoms. The van der Waals surface area contributed by atoms with Crippen LogP contribution in [0.15, 0.2) is 218 Å². The van der Waals surface area contributed by atoms with Crippen LogP contribution in [-0.2, 0) is 5.41 Å². The Bertz CT molecular complexity index is 3390. The van der Waals surface area contributed by atoms with Gasteiger partial charge in [-0.3, -0.25) is 8.97 Å². The SMILES string of the molecule is C1=CC2c3ccccc3C3(c4ccccc4-c4cc(N(c5ccc(-c6ccccc6)cc5)c5ccc6c(c5)n5c7ccccc7nc5n6-c5ccccc5)ccc43)C2C=C1. The molecule has 2 heterocycles. The van der Waals surface area contributed by atoms with Crippen molar-refractivity contribution in [2.24, 2.45) is 5.92 Å². The highest BCUT2D eigenvalue weighted by Gasteiger charge is 2.56. The highest BCUT2D eigenvalue weighted by Crippen LogP contribution is 2.65. The van der Waals surface area contributed by atoms with Gasteiger partial charge in [-0.15, -0.1) is 0 Å². The monoisotopic (exact) mass is 766 g/mol. The number of allylic oxidation sites excluding steroid dienone is 4. The minimum Gasteiger partial charge on any atom is -0.310 e. The van der Waals surface area contributed by atoms with Crippen LogP contribution in [0.25, 0.3) is 55.8 Å². The van der Waals surface area contributed by atoms with E-state index in [0.717, 1.165) is 50.6 Å². The summed E-state index contributed by atoms with van der Waals surface area (Å²) < 4.78 is 4.60. The minimum atomic E-state index is -0.275. The highest BCUT2D eigenvalue weighted by atomic mass is 15.2. The van der Waals surface area contributed by atoms with Gasteiger partial charge in [0.05, 0.1) is 27.5 Å². The van der Waals surface area contributed by atoms with E-state index in [1.807, 2.05) is 0 Å². The van der Waals surface area contributed by atoms with E-state index in [0.29, 0.717) is 11.8 Å². The van der Waals surface area contributed by atoms with Crippen LogP contribution in [0.4, 0.5) is 17.1 Å². The van der Waals surface area contributed by atoms with E-state index in [1.165, 1.54) is 44.5 Å². The zero-order chi connectivity index (χ0) is 39.4. The molecule has 282 valence electrons. The van der Waals surface area contributed by atoms with E-state index in [9.17, 15) is 0 Å². The number of hydrogen-bond donors (Lipinski definition) is 0. The molecule has 3 atom stereocenters. The summed E-state index contributed by atoms with van der Waals surface area (Å²) in [5, 5.41) is 0. The lowest BCUT2D eigenvalue weighted by atomic mass is 9.65. The zero-order valence-corrected chi connectivity index (χ0v) is 32.7. The van der Waals surface area contributed by atoms with Gasteiger partial charge in [-0.05, 0) is 111 Å². The molecule has 0 fully saturated rings. The summed E-state index contributed by atoms with van der Waals surface area (Å²) in [7, 11) is 0. The van der Waals surface area contributed by atoms with Gasteiger partial charge in [0.15, 0.2) is 0 Å². The maximum absolute atomic E-state index is 5.20. The normalized spacial score (nSPS) is 18.3. The molecule has 0 aliphatic heterocycles. The second-order valence-electron chi connectivity index (χ2n) is 16.3. The third-order valence-corrected chi connectivity index (χ3v) is 13.4. The number of imidazole rings is 2. The van der Waals surface area contributed by atoms with Gasteiger partial charge in [-0.1, -0.05) is 152 Å². The molecule has 0 amide bonds. The molecule has 2 aromatic heterocycles. The molecule has 0 saturated heterocycles. The van der Waals surface area contributed by atoms with Gasteiger partial charge in [0.25, 0.3) is 0 Å². The molecule has 8 aromatic carbocycles. The van der Waals surface area contributed by atoms with Crippen LogP contribution in [0, 0.1) is 5.92 Å². The molecule has 4 nitrogen and oxygen atoms in total. The predicted molar refractivity (Wildman–Crippen MR) is 246 cm³/mol. The van der Waals surface area contributed by atoms with E-state index < -0.39 is 0 Å². The van der Waals surface area contributed by atoms with E-state index >= 15 is 0 Å². The van der Waals surface area contributed by atoms with E-state index in [4.69, 9.17) is 4.98 Å². The lowest BCUT2D eigenvalue weighted by molar-refractivity contribution is 0.465. The van der Waals surface area contributed by atoms with Gasteiger partial charge < -0.3 is 4.90 Å². The third-order valence-electron chi connectivity index (χ3n) is 13.4. The number of fused-ring (bicyclic) bond motifs is 15. The fourth-order valence-corrected chi connectivity index (χ4v) is 11.0.